The van der Waals surface area contributed by atoms with Crippen LogP contribution in [0.2, 0.25) is 0 Å². The molecule has 210 valence electrons. The summed E-state index contributed by atoms with van der Waals surface area (Å²) >= 11 is 1.52. The highest BCUT2D eigenvalue weighted by Crippen LogP contribution is 2.36. The third-order valence-corrected chi connectivity index (χ3v) is 7.28. The lowest BCUT2D eigenvalue weighted by Crippen LogP contribution is -2.38. The van der Waals surface area contributed by atoms with E-state index in [2.05, 4.69) is 11.2 Å². The summed E-state index contributed by atoms with van der Waals surface area (Å²) in [5.41, 5.74) is 4.40. The first kappa shape index (κ1) is 29.2. The van der Waals surface area contributed by atoms with Crippen molar-refractivity contribution in [2.75, 3.05) is 44.1 Å². The molecule has 0 saturated heterocycles. The third-order valence-electron chi connectivity index (χ3n) is 6.25. The quantitative estimate of drug-likeness (QED) is 0.163. The molecule has 0 aliphatic carbocycles. The summed E-state index contributed by atoms with van der Waals surface area (Å²) in [4.78, 5) is 32.8. The lowest BCUT2D eigenvalue weighted by molar-refractivity contribution is -0.156. The fraction of sp³-hybridized carbons (Fsp3) is 0.323. The first-order chi connectivity index (χ1) is 19.5. The van der Waals surface area contributed by atoms with Gasteiger partial charge < -0.3 is 23.9 Å². The number of amides is 1. The van der Waals surface area contributed by atoms with E-state index in [0.29, 0.717) is 44.3 Å². The number of carbonyl (C=O) groups is 2. The molecule has 0 saturated carbocycles. The highest BCUT2D eigenvalue weighted by Gasteiger charge is 2.26. The van der Waals surface area contributed by atoms with Crippen molar-refractivity contribution in [2.24, 2.45) is 5.16 Å². The Labute approximate surface area is 239 Å². The van der Waals surface area contributed by atoms with Gasteiger partial charge in [-0.1, -0.05) is 53.7 Å². The van der Waals surface area contributed by atoms with E-state index in [0.717, 1.165) is 33.0 Å². The summed E-state index contributed by atoms with van der Waals surface area (Å²) in [6.07, 6.45) is -0.211. The van der Waals surface area contributed by atoms with Crippen molar-refractivity contribution >= 4 is 35.0 Å². The zero-order valence-electron chi connectivity index (χ0n) is 23.0. The minimum atomic E-state index is -0.634. The number of anilines is 1. The van der Waals surface area contributed by atoms with Gasteiger partial charge in [0.15, 0.2) is 6.10 Å². The number of carbonyl (C=O) groups excluding carboxylic acids is 2. The van der Waals surface area contributed by atoms with E-state index < -0.39 is 6.10 Å². The van der Waals surface area contributed by atoms with Crippen molar-refractivity contribution in [3.8, 4) is 5.75 Å². The molecule has 8 nitrogen and oxygen atoms in total. The van der Waals surface area contributed by atoms with Gasteiger partial charge in [0.05, 0.1) is 24.6 Å². The van der Waals surface area contributed by atoms with Gasteiger partial charge in [-0.05, 0) is 43.7 Å². The van der Waals surface area contributed by atoms with Crippen LogP contribution in [-0.4, -0.2) is 62.9 Å². The molecule has 1 heterocycles. The number of oxime groups is 1. The monoisotopic (exact) mass is 562 g/mol. The molecule has 0 fully saturated rings. The predicted molar refractivity (Wildman–Crippen MR) is 156 cm³/mol. The van der Waals surface area contributed by atoms with E-state index >= 15 is 0 Å². The molecular weight excluding hydrogens is 528 g/mol. The molecular formula is C31H34N2O6S. The summed E-state index contributed by atoms with van der Waals surface area (Å²) in [6.45, 7) is 5.12. The van der Waals surface area contributed by atoms with Gasteiger partial charge in [0.1, 0.15) is 25.2 Å². The summed E-state index contributed by atoms with van der Waals surface area (Å²) in [7, 11) is 1.53. The van der Waals surface area contributed by atoms with E-state index in [4.69, 9.17) is 19.0 Å². The third kappa shape index (κ3) is 7.43. The molecule has 1 aliphatic rings. The lowest BCUT2D eigenvalue weighted by Gasteiger charge is -2.29. The van der Waals surface area contributed by atoms with Gasteiger partial charge in [-0.3, -0.25) is 4.79 Å². The van der Waals surface area contributed by atoms with Crippen LogP contribution >= 0.6 is 11.8 Å². The van der Waals surface area contributed by atoms with Crippen molar-refractivity contribution in [3.05, 3.63) is 89.5 Å². The molecule has 1 atom stereocenters. The number of rotatable bonds is 13. The van der Waals surface area contributed by atoms with Crippen LogP contribution in [0.15, 0.2) is 82.8 Å². The van der Waals surface area contributed by atoms with Gasteiger partial charge in [-0.15, -0.1) is 11.8 Å². The second kappa shape index (κ2) is 14.5. The molecule has 0 aromatic heterocycles. The van der Waals surface area contributed by atoms with E-state index in [1.54, 1.807) is 11.8 Å². The van der Waals surface area contributed by atoms with Crippen molar-refractivity contribution in [1.29, 1.82) is 0 Å². The molecule has 40 heavy (non-hydrogen) atoms. The van der Waals surface area contributed by atoms with Gasteiger partial charge in [0, 0.05) is 29.1 Å². The zero-order valence-corrected chi connectivity index (χ0v) is 23.8. The molecule has 1 amide bonds. The molecule has 0 N–H and O–H groups in total. The number of benzene rings is 3. The highest BCUT2D eigenvalue weighted by molar-refractivity contribution is 8.00. The number of fused-ring (bicyclic) bond motifs is 1. The molecule has 1 aliphatic heterocycles. The average molecular weight is 563 g/mol. The lowest BCUT2D eigenvalue weighted by atomic mass is 10.0. The topological polar surface area (TPSA) is 86.7 Å². The maximum absolute atomic E-state index is 12.8. The van der Waals surface area contributed by atoms with Crippen LogP contribution in [0.25, 0.3) is 0 Å². The van der Waals surface area contributed by atoms with E-state index in [9.17, 15) is 9.59 Å². The van der Waals surface area contributed by atoms with Gasteiger partial charge in [-0.2, -0.15) is 0 Å². The van der Waals surface area contributed by atoms with Crippen molar-refractivity contribution in [3.63, 3.8) is 0 Å². The van der Waals surface area contributed by atoms with Crippen LogP contribution in [0.4, 0.5) is 5.69 Å². The Morgan fingerprint density at radius 1 is 1.00 bits per heavy atom. The highest BCUT2D eigenvalue weighted by atomic mass is 32.2. The molecule has 0 spiro atoms. The largest absolute Gasteiger partial charge is 0.492 e. The van der Waals surface area contributed by atoms with Crippen LogP contribution in [0.3, 0.4) is 0 Å². The molecule has 0 radical (unpaired) electrons. The van der Waals surface area contributed by atoms with Crippen molar-refractivity contribution < 1.29 is 28.6 Å². The van der Waals surface area contributed by atoms with Gasteiger partial charge >= 0.3 is 5.97 Å². The number of thioether (sulfide) groups is 1. The Morgan fingerprint density at radius 2 is 1.77 bits per heavy atom. The van der Waals surface area contributed by atoms with E-state index in [1.165, 1.54) is 18.9 Å². The number of nitrogens with zero attached hydrogens (tertiary/aromatic N) is 2. The molecule has 3 aromatic rings. The smallest absolute Gasteiger partial charge is 0.335 e. The Balaban J connectivity index is 1.39. The standard InChI is InChI=1S/C31H34N2O6S/c1-4-37-27(31(35)38-5-2)19-22-11-14-25(15-12-22)39-18-17-33-26-16-13-24(20-28(26)40-21-29(33)34)30(32-36-3)23-9-7-6-8-10-23/h6-16,20,27H,4-5,17-19,21H2,1-3H3/b32-30+. The number of hydrogen-bond donors (Lipinski definition) is 0. The normalized spacial score (nSPS) is 13.9. The Hall–Kier alpha value is -3.82. The summed E-state index contributed by atoms with van der Waals surface area (Å²) in [5, 5.41) is 4.26. The molecule has 0 bridgehead atoms. The number of hydrogen-bond acceptors (Lipinski definition) is 8. The number of ether oxygens (including phenoxy) is 3. The summed E-state index contributed by atoms with van der Waals surface area (Å²) in [5.74, 6) is 0.725. The van der Waals surface area contributed by atoms with Gasteiger partial charge in [0.25, 0.3) is 0 Å². The van der Waals surface area contributed by atoms with Gasteiger partial charge in [-0.25, -0.2) is 4.79 Å². The molecule has 3 aromatic carbocycles. The van der Waals surface area contributed by atoms with Crippen LogP contribution in [-0.2, 0) is 30.3 Å². The average Bonchev–Trinajstić information content (AvgIpc) is 2.98. The molecule has 1 unspecified atom stereocenters. The van der Waals surface area contributed by atoms with Gasteiger partial charge in [0.2, 0.25) is 5.91 Å². The first-order valence-electron chi connectivity index (χ1n) is 13.3. The zero-order chi connectivity index (χ0) is 28.3. The fourth-order valence-electron chi connectivity index (χ4n) is 4.39. The fourth-order valence-corrected chi connectivity index (χ4v) is 5.36. The number of esters is 1. The Morgan fingerprint density at radius 3 is 2.48 bits per heavy atom. The molecule has 4 rings (SSSR count). The van der Waals surface area contributed by atoms with E-state index in [-0.39, 0.29) is 11.9 Å². The van der Waals surface area contributed by atoms with Crippen molar-refractivity contribution in [1.82, 2.24) is 0 Å². The Bertz CT molecular complexity index is 1310. The predicted octanol–water partition coefficient (Wildman–Crippen LogP) is 5.11. The van der Waals surface area contributed by atoms with E-state index in [1.807, 2.05) is 73.7 Å². The second-order valence-corrected chi connectivity index (χ2v) is 9.91. The summed E-state index contributed by atoms with van der Waals surface area (Å²) < 4.78 is 16.6. The van der Waals surface area contributed by atoms with Crippen LogP contribution in [0.5, 0.6) is 5.75 Å². The maximum Gasteiger partial charge on any atom is 0.335 e. The minimum absolute atomic E-state index is 0.0407. The van der Waals surface area contributed by atoms with Crippen molar-refractivity contribution in [2.45, 2.75) is 31.3 Å². The Kier molecular flexibility index (Phi) is 10.6. The molecule has 9 heteroatoms. The second-order valence-electron chi connectivity index (χ2n) is 8.90. The first-order valence-corrected chi connectivity index (χ1v) is 14.3. The minimum Gasteiger partial charge on any atom is -0.492 e. The SMILES string of the molecule is CCOC(=O)C(Cc1ccc(OCCN2C(=O)CSc3cc(/C(=N/OC)c4ccccc4)ccc32)cc1)OCC. The maximum atomic E-state index is 12.8. The summed E-state index contributed by atoms with van der Waals surface area (Å²) in [6, 6.07) is 23.4. The van der Waals surface area contributed by atoms with Crippen LogP contribution in [0.1, 0.15) is 30.5 Å². The van der Waals surface area contributed by atoms with Crippen LogP contribution < -0.4 is 9.64 Å². The van der Waals surface area contributed by atoms with Crippen LogP contribution in [0, 0.1) is 0 Å².